The molecule has 1 nitrogen and oxygen atoms in total. The zero-order valence-electron chi connectivity index (χ0n) is 8.12. The van der Waals surface area contributed by atoms with Gasteiger partial charge in [-0.1, -0.05) is 37.3 Å². The lowest BCUT2D eigenvalue weighted by atomic mass is 9.98. The van der Waals surface area contributed by atoms with Crippen molar-refractivity contribution >= 4 is 0 Å². The molecular weight excluding hydrogens is 186 g/mol. The largest absolute Gasteiger partial charge is 0.345 e. The van der Waals surface area contributed by atoms with E-state index in [1.807, 2.05) is 37.3 Å². The van der Waals surface area contributed by atoms with Crippen LogP contribution in [0.4, 0.5) is 8.78 Å². The lowest BCUT2D eigenvalue weighted by Crippen LogP contribution is -2.04. The van der Waals surface area contributed by atoms with Crippen molar-refractivity contribution in [3.05, 3.63) is 35.9 Å². The summed E-state index contributed by atoms with van der Waals surface area (Å²) in [6.07, 6.45) is 0.619. The third-order valence-corrected chi connectivity index (χ3v) is 2.16. The molecule has 0 radical (unpaired) electrons. The van der Waals surface area contributed by atoms with Gasteiger partial charge in [-0.05, 0) is 17.9 Å². The van der Waals surface area contributed by atoms with Gasteiger partial charge < -0.3 is 4.74 Å². The number of ether oxygens (including phenoxy) is 1. The summed E-state index contributed by atoms with van der Waals surface area (Å²) in [4.78, 5) is 0. The Balaban J connectivity index is 2.32. The first-order valence-corrected chi connectivity index (χ1v) is 4.65. The molecule has 78 valence electrons. The molecule has 0 N–H and O–H groups in total. The average molecular weight is 200 g/mol. The molecule has 1 aromatic rings. The average Bonchev–Trinajstić information content (AvgIpc) is 2.18. The molecule has 0 aliphatic heterocycles. The van der Waals surface area contributed by atoms with Crippen LogP contribution >= 0.6 is 0 Å². The number of hydrogen-bond acceptors (Lipinski definition) is 1. The second-order valence-corrected chi connectivity index (χ2v) is 3.23. The Kier molecular flexibility index (Phi) is 4.53. The van der Waals surface area contributed by atoms with E-state index in [2.05, 4.69) is 4.74 Å². The SMILES string of the molecule is CC(CCOC(F)F)c1ccccc1. The third-order valence-electron chi connectivity index (χ3n) is 2.16. The number of halogens is 2. The van der Waals surface area contributed by atoms with Crippen molar-refractivity contribution < 1.29 is 13.5 Å². The molecule has 3 heteroatoms. The van der Waals surface area contributed by atoms with Crippen LogP contribution in [0.5, 0.6) is 0 Å². The molecular formula is C11H14F2O. The molecule has 0 fully saturated rings. The van der Waals surface area contributed by atoms with Crippen LogP contribution in [0.25, 0.3) is 0 Å². The van der Waals surface area contributed by atoms with E-state index in [0.717, 1.165) is 5.56 Å². The lowest BCUT2D eigenvalue weighted by molar-refractivity contribution is -0.129. The fourth-order valence-electron chi connectivity index (χ4n) is 1.28. The van der Waals surface area contributed by atoms with Crippen molar-refractivity contribution in [1.29, 1.82) is 0 Å². The first kappa shape index (κ1) is 11.1. The molecule has 0 saturated carbocycles. The minimum Gasteiger partial charge on any atom is -0.323 e. The molecule has 0 aliphatic carbocycles. The molecule has 0 aliphatic rings. The second kappa shape index (κ2) is 5.70. The number of hydrogen-bond donors (Lipinski definition) is 0. The van der Waals surface area contributed by atoms with E-state index in [4.69, 9.17) is 0 Å². The maximum Gasteiger partial charge on any atom is 0.345 e. The van der Waals surface area contributed by atoms with Crippen LogP contribution in [0.1, 0.15) is 24.8 Å². The van der Waals surface area contributed by atoms with Crippen molar-refractivity contribution in [2.75, 3.05) is 6.61 Å². The van der Waals surface area contributed by atoms with Gasteiger partial charge in [-0.3, -0.25) is 0 Å². The summed E-state index contributed by atoms with van der Waals surface area (Å²) < 4.78 is 27.5. The molecule has 0 aromatic heterocycles. The molecule has 0 saturated heterocycles. The Morgan fingerprint density at radius 1 is 1.21 bits per heavy atom. The van der Waals surface area contributed by atoms with Gasteiger partial charge in [0.1, 0.15) is 0 Å². The van der Waals surface area contributed by atoms with E-state index in [1.54, 1.807) is 0 Å². The lowest BCUT2D eigenvalue weighted by Gasteiger charge is -2.11. The normalized spacial score (nSPS) is 13.1. The van der Waals surface area contributed by atoms with E-state index in [-0.39, 0.29) is 12.5 Å². The predicted molar refractivity (Wildman–Crippen MR) is 51.4 cm³/mol. The fraction of sp³-hybridized carbons (Fsp3) is 0.455. The van der Waals surface area contributed by atoms with Gasteiger partial charge in [0.05, 0.1) is 6.61 Å². The van der Waals surface area contributed by atoms with Gasteiger partial charge in [-0.25, -0.2) is 0 Å². The summed E-state index contributed by atoms with van der Waals surface area (Å²) in [5.74, 6) is 0.259. The summed E-state index contributed by atoms with van der Waals surface area (Å²) in [6, 6.07) is 9.81. The van der Waals surface area contributed by atoms with E-state index in [9.17, 15) is 8.78 Å². The Labute approximate surface area is 82.7 Å². The fourth-order valence-corrected chi connectivity index (χ4v) is 1.28. The van der Waals surface area contributed by atoms with Crippen LogP contribution in [0.15, 0.2) is 30.3 Å². The van der Waals surface area contributed by atoms with Crippen LogP contribution in [0, 0.1) is 0 Å². The van der Waals surface area contributed by atoms with Crippen molar-refractivity contribution in [1.82, 2.24) is 0 Å². The van der Waals surface area contributed by atoms with Gasteiger partial charge >= 0.3 is 6.61 Å². The molecule has 1 aromatic carbocycles. The van der Waals surface area contributed by atoms with Crippen LogP contribution in [-0.2, 0) is 4.74 Å². The molecule has 0 heterocycles. The van der Waals surface area contributed by atoms with Crippen molar-refractivity contribution in [3.63, 3.8) is 0 Å². The highest BCUT2D eigenvalue weighted by Crippen LogP contribution is 2.18. The van der Waals surface area contributed by atoms with Gasteiger partial charge in [0.2, 0.25) is 0 Å². The van der Waals surface area contributed by atoms with Crippen LogP contribution < -0.4 is 0 Å². The summed E-state index contributed by atoms with van der Waals surface area (Å²) >= 11 is 0. The van der Waals surface area contributed by atoms with Gasteiger partial charge in [0.25, 0.3) is 0 Å². The van der Waals surface area contributed by atoms with Crippen molar-refractivity contribution in [2.45, 2.75) is 25.9 Å². The molecule has 1 unspecified atom stereocenters. The van der Waals surface area contributed by atoms with E-state index >= 15 is 0 Å². The molecule has 0 spiro atoms. The minimum atomic E-state index is -2.65. The van der Waals surface area contributed by atoms with Gasteiger partial charge in [-0.2, -0.15) is 8.78 Å². The first-order chi connectivity index (χ1) is 6.70. The molecule has 1 atom stereocenters. The van der Waals surface area contributed by atoms with Crippen LogP contribution in [0.2, 0.25) is 0 Å². The zero-order chi connectivity index (χ0) is 10.4. The molecule has 0 bridgehead atoms. The van der Waals surface area contributed by atoms with Gasteiger partial charge in [-0.15, -0.1) is 0 Å². The number of benzene rings is 1. The van der Waals surface area contributed by atoms with Crippen LogP contribution in [-0.4, -0.2) is 13.2 Å². The predicted octanol–water partition coefficient (Wildman–Crippen LogP) is 3.42. The van der Waals surface area contributed by atoms with Crippen molar-refractivity contribution in [2.24, 2.45) is 0 Å². The molecule has 0 amide bonds. The van der Waals surface area contributed by atoms with E-state index < -0.39 is 6.61 Å². The van der Waals surface area contributed by atoms with Gasteiger partial charge in [0, 0.05) is 0 Å². The molecule has 1 rings (SSSR count). The Morgan fingerprint density at radius 3 is 2.43 bits per heavy atom. The third kappa shape index (κ3) is 3.83. The Hall–Kier alpha value is -0.960. The topological polar surface area (TPSA) is 9.23 Å². The second-order valence-electron chi connectivity index (χ2n) is 3.23. The quantitative estimate of drug-likeness (QED) is 0.707. The Morgan fingerprint density at radius 2 is 1.86 bits per heavy atom. The highest BCUT2D eigenvalue weighted by molar-refractivity contribution is 5.18. The van der Waals surface area contributed by atoms with Crippen LogP contribution in [0.3, 0.4) is 0 Å². The summed E-state index contributed by atoms with van der Waals surface area (Å²) in [7, 11) is 0. The summed E-state index contributed by atoms with van der Waals surface area (Å²) in [5, 5.41) is 0. The van der Waals surface area contributed by atoms with Gasteiger partial charge in [0.15, 0.2) is 0 Å². The van der Waals surface area contributed by atoms with E-state index in [1.165, 1.54) is 0 Å². The zero-order valence-corrected chi connectivity index (χ0v) is 8.12. The maximum absolute atomic E-state index is 11.7. The highest BCUT2D eigenvalue weighted by atomic mass is 19.3. The highest BCUT2D eigenvalue weighted by Gasteiger charge is 2.06. The summed E-state index contributed by atoms with van der Waals surface area (Å²) in [5.41, 5.74) is 1.16. The van der Waals surface area contributed by atoms with E-state index in [0.29, 0.717) is 6.42 Å². The minimum absolute atomic E-state index is 0.105. The number of rotatable bonds is 5. The van der Waals surface area contributed by atoms with Crippen molar-refractivity contribution in [3.8, 4) is 0 Å². The summed E-state index contributed by atoms with van der Waals surface area (Å²) in [6.45, 7) is -0.546. The number of alkyl halides is 2. The smallest absolute Gasteiger partial charge is 0.323 e. The molecule has 14 heavy (non-hydrogen) atoms. The maximum atomic E-state index is 11.7. The monoisotopic (exact) mass is 200 g/mol. The standard InChI is InChI=1S/C11H14F2O/c1-9(7-8-14-11(12)13)10-5-3-2-4-6-10/h2-6,9,11H,7-8H2,1H3. The Bertz CT molecular complexity index is 249. The first-order valence-electron chi connectivity index (χ1n) is 4.65.